The van der Waals surface area contributed by atoms with E-state index in [2.05, 4.69) is 9.72 Å². The van der Waals surface area contributed by atoms with Crippen molar-refractivity contribution in [1.82, 2.24) is 4.98 Å². The van der Waals surface area contributed by atoms with E-state index >= 15 is 0 Å². The van der Waals surface area contributed by atoms with Crippen LogP contribution in [0.4, 0.5) is 8.78 Å². The first-order chi connectivity index (χ1) is 6.50. The number of carbonyl (C=O) groups is 1. The van der Waals surface area contributed by atoms with E-state index in [9.17, 15) is 13.6 Å². The topological polar surface area (TPSA) is 59.4 Å². The number of aromatic nitrogens is 1. The number of methoxy groups -OCH3 is 1. The summed E-state index contributed by atoms with van der Waals surface area (Å²) >= 11 is 0. The Kier molecular flexibility index (Phi) is 2.64. The lowest BCUT2D eigenvalue weighted by molar-refractivity contribution is -0.166. The number of nitrogens with zero attached hydrogens (tertiary/aromatic N) is 1. The third-order valence-corrected chi connectivity index (χ3v) is 1.57. The zero-order chi connectivity index (χ0) is 10.8. The van der Waals surface area contributed by atoms with Crippen LogP contribution >= 0.6 is 0 Å². The SMILES string of the molecule is COc1ncccc1C(F)(F)C(=O)O. The van der Waals surface area contributed by atoms with Gasteiger partial charge in [0.1, 0.15) is 0 Å². The molecule has 1 aromatic heterocycles. The van der Waals surface area contributed by atoms with Gasteiger partial charge in [-0.1, -0.05) is 0 Å². The van der Waals surface area contributed by atoms with Crippen molar-refractivity contribution >= 4 is 5.97 Å². The maximum Gasteiger partial charge on any atom is 0.379 e. The molecule has 1 heterocycles. The highest BCUT2D eigenvalue weighted by Crippen LogP contribution is 2.33. The first-order valence-corrected chi connectivity index (χ1v) is 3.61. The highest BCUT2D eigenvalue weighted by atomic mass is 19.3. The van der Waals surface area contributed by atoms with E-state index in [0.717, 1.165) is 13.2 Å². The minimum Gasteiger partial charge on any atom is -0.481 e. The third-order valence-electron chi connectivity index (χ3n) is 1.57. The number of aliphatic carboxylic acids is 1. The molecule has 14 heavy (non-hydrogen) atoms. The van der Waals surface area contributed by atoms with Crippen molar-refractivity contribution in [1.29, 1.82) is 0 Å². The van der Waals surface area contributed by atoms with Gasteiger partial charge in [-0.2, -0.15) is 8.78 Å². The monoisotopic (exact) mass is 203 g/mol. The number of hydrogen-bond donors (Lipinski definition) is 1. The molecule has 0 bridgehead atoms. The highest BCUT2D eigenvalue weighted by Gasteiger charge is 2.44. The van der Waals surface area contributed by atoms with Crippen LogP contribution in [0.25, 0.3) is 0 Å². The van der Waals surface area contributed by atoms with E-state index in [0.29, 0.717) is 0 Å². The first kappa shape index (κ1) is 10.4. The van der Waals surface area contributed by atoms with E-state index in [1.54, 1.807) is 0 Å². The van der Waals surface area contributed by atoms with Crippen LogP contribution in [0.1, 0.15) is 5.56 Å². The normalized spacial score (nSPS) is 11.1. The average Bonchev–Trinajstić information content (AvgIpc) is 2.17. The molecule has 0 aromatic carbocycles. The van der Waals surface area contributed by atoms with Gasteiger partial charge in [0.15, 0.2) is 0 Å². The zero-order valence-corrected chi connectivity index (χ0v) is 7.20. The number of halogens is 2. The molecule has 1 N–H and O–H groups in total. The largest absolute Gasteiger partial charge is 0.481 e. The Morgan fingerprint density at radius 1 is 1.64 bits per heavy atom. The van der Waals surface area contributed by atoms with Gasteiger partial charge in [0.2, 0.25) is 5.88 Å². The van der Waals surface area contributed by atoms with E-state index in [-0.39, 0.29) is 5.88 Å². The van der Waals surface area contributed by atoms with Crippen LogP contribution in [0.3, 0.4) is 0 Å². The lowest BCUT2D eigenvalue weighted by atomic mass is 10.1. The summed E-state index contributed by atoms with van der Waals surface area (Å²) in [5, 5.41) is 8.28. The number of hydrogen-bond acceptors (Lipinski definition) is 3. The van der Waals surface area contributed by atoms with Crippen LogP contribution in [-0.2, 0) is 10.7 Å². The summed E-state index contributed by atoms with van der Waals surface area (Å²) in [5.41, 5.74) is -0.755. The smallest absolute Gasteiger partial charge is 0.379 e. The van der Waals surface area contributed by atoms with Gasteiger partial charge in [0, 0.05) is 6.20 Å². The Labute approximate surface area is 78.1 Å². The molecular weight excluding hydrogens is 196 g/mol. The molecule has 0 fully saturated rings. The second-order valence-electron chi connectivity index (χ2n) is 2.44. The van der Waals surface area contributed by atoms with Crippen molar-refractivity contribution in [2.24, 2.45) is 0 Å². The first-order valence-electron chi connectivity index (χ1n) is 3.61. The molecule has 0 aliphatic rings. The zero-order valence-electron chi connectivity index (χ0n) is 7.20. The van der Waals surface area contributed by atoms with Gasteiger partial charge in [-0.15, -0.1) is 0 Å². The summed E-state index contributed by atoms with van der Waals surface area (Å²) in [4.78, 5) is 13.7. The van der Waals surface area contributed by atoms with Crippen LogP contribution in [-0.4, -0.2) is 23.2 Å². The third kappa shape index (κ3) is 1.63. The van der Waals surface area contributed by atoms with E-state index in [4.69, 9.17) is 5.11 Å². The fourth-order valence-electron chi connectivity index (χ4n) is 0.908. The van der Waals surface area contributed by atoms with Crippen molar-refractivity contribution in [2.45, 2.75) is 5.92 Å². The Bertz CT molecular complexity index is 354. The minimum atomic E-state index is -3.99. The quantitative estimate of drug-likeness (QED) is 0.803. The standard InChI is InChI=1S/C8H7F2NO3/c1-14-6-5(3-2-4-11-6)8(9,10)7(12)13/h2-4H,1H3,(H,12,13). The van der Waals surface area contributed by atoms with E-state index in [1.807, 2.05) is 0 Å². The minimum absolute atomic E-state index is 0.389. The summed E-state index contributed by atoms with van der Waals surface area (Å²) in [6.45, 7) is 0. The van der Waals surface area contributed by atoms with Gasteiger partial charge >= 0.3 is 11.9 Å². The van der Waals surface area contributed by atoms with Crippen LogP contribution < -0.4 is 4.74 Å². The lowest BCUT2D eigenvalue weighted by Crippen LogP contribution is -2.26. The van der Waals surface area contributed by atoms with Crippen LogP contribution in [0.15, 0.2) is 18.3 Å². The van der Waals surface area contributed by atoms with E-state index in [1.165, 1.54) is 12.3 Å². The molecule has 0 aliphatic carbocycles. The number of pyridine rings is 1. The molecule has 0 unspecified atom stereocenters. The molecule has 0 amide bonds. The van der Waals surface area contributed by atoms with Crippen molar-refractivity contribution < 1.29 is 23.4 Å². The molecular formula is C8H7F2NO3. The number of alkyl halides is 2. The Morgan fingerprint density at radius 2 is 2.29 bits per heavy atom. The highest BCUT2D eigenvalue weighted by molar-refractivity contribution is 5.78. The maximum atomic E-state index is 13.0. The molecule has 6 heteroatoms. The van der Waals surface area contributed by atoms with Crippen LogP contribution in [0.2, 0.25) is 0 Å². The lowest BCUT2D eigenvalue weighted by Gasteiger charge is -2.13. The van der Waals surface area contributed by atoms with E-state index < -0.39 is 17.5 Å². The molecule has 4 nitrogen and oxygen atoms in total. The van der Waals surface area contributed by atoms with Gasteiger partial charge < -0.3 is 9.84 Å². The Morgan fingerprint density at radius 3 is 2.79 bits per heavy atom. The van der Waals surface area contributed by atoms with Gasteiger partial charge in [-0.25, -0.2) is 9.78 Å². The van der Waals surface area contributed by atoms with Gasteiger partial charge in [0.25, 0.3) is 0 Å². The second-order valence-corrected chi connectivity index (χ2v) is 2.44. The molecule has 0 saturated carbocycles. The molecule has 0 saturated heterocycles. The van der Waals surface area contributed by atoms with Crippen LogP contribution in [0, 0.1) is 0 Å². The fourth-order valence-corrected chi connectivity index (χ4v) is 0.908. The van der Waals surface area contributed by atoms with Gasteiger partial charge in [0.05, 0.1) is 12.7 Å². The van der Waals surface area contributed by atoms with Crippen molar-refractivity contribution in [3.05, 3.63) is 23.9 Å². The fraction of sp³-hybridized carbons (Fsp3) is 0.250. The van der Waals surface area contributed by atoms with Gasteiger partial charge in [-0.05, 0) is 12.1 Å². The summed E-state index contributed by atoms with van der Waals surface area (Å²) in [6.07, 6.45) is 1.24. The number of ether oxygens (including phenoxy) is 1. The summed E-state index contributed by atoms with van der Waals surface area (Å²) in [6, 6.07) is 2.18. The van der Waals surface area contributed by atoms with Gasteiger partial charge in [-0.3, -0.25) is 0 Å². The molecule has 1 aromatic rings. The van der Waals surface area contributed by atoms with Crippen LogP contribution in [0.5, 0.6) is 5.88 Å². The van der Waals surface area contributed by atoms with Crippen molar-refractivity contribution in [3.8, 4) is 5.88 Å². The Balaban J connectivity index is 3.24. The number of carboxylic acid groups (broad SMARTS) is 1. The number of rotatable bonds is 3. The van der Waals surface area contributed by atoms with Crippen molar-refractivity contribution in [3.63, 3.8) is 0 Å². The molecule has 0 spiro atoms. The summed E-state index contributed by atoms with van der Waals surface area (Å²) in [7, 11) is 1.14. The maximum absolute atomic E-state index is 13.0. The predicted octanol–water partition coefficient (Wildman–Crippen LogP) is 1.27. The van der Waals surface area contributed by atoms with Crippen molar-refractivity contribution in [2.75, 3.05) is 7.11 Å². The summed E-state index contributed by atoms with van der Waals surface area (Å²) < 4.78 is 30.5. The molecule has 0 radical (unpaired) electrons. The molecule has 0 aliphatic heterocycles. The second kappa shape index (κ2) is 3.57. The molecule has 1 rings (SSSR count). The number of carboxylic acids is 1. The Hall–Kier alpha value is -1.72. The average molecular weight is 203 g/mol. The molecule has 0 atom stereocenters. The summed E-state index contributed by atoms with van der Waals surface area (Å²) in [5.74, 6) is -6.61. The predicted molar refractivity (Wildman–Crippen MR) is 42.3 cm³/mol. The molecule has 76 valence electrons.